The molecule has 3 N–H and O–H groups in total. The Kier molecular flexibility index (Phi) is 8.80. The van der Waals surface area contributed by atoms with E-state index in [1.165, 1.54) is 11.1 Å². The predicted octanol–water partition coefficient (Wildman–Crippen LogP) is 2.63. The molecule has 1 aliphatic rings. The number of benzene rings is 3. The number of primary amides is 1. The third kappa shape index (κ3) is 7.76. The number of ether oxygens (including phenoxy) is 1. The normalized spacial score (nSPS) is 14.6. The van der Waals surface area contributed by atoms with Crippen molar-refractivity contribution in [2.24, 2.45) is 10.8 Å². The Morgan fingerprint density at radius 3 is 2.00 bits per heavy atom. The van der Waals surface area contributed by atoms with Crippen LogP contribution in [0.5, 0.6) is 5.75 Å². The monoisotopic (exact) mass is 485 g/mol. The zero-order valence-electron chi connectivity index (χ0n) is 20.2. The Morgan fingerprint density at radius 1 is 0.833 bits per heavy atom. The van der Waals surface area contributed by atoms with E-state index in [1.807, 2.05) is 24.3 Å². The van der Waals surface area contributed by atoms with E-state index in [0.29, 0.717) is 11.3 Å². The Hall–Kier alpha value is -4.01. The van der Waals surface area contributed by atoms with Crippen LogP contribution in [0.25, 0.3) is 0 Å². The van der Waals surface area contributed by atoms with Crippen molar-refractivity contribution in [3.05, 3.63) is 101 Å². The van der Waals surface area contributed by atoms with Gasteiger partial charge in [-0.1, -0.05) is 42.5 Å². The van der Waals surface area contributed by atoms with Crippen molar-refractivity contribution < 1.29 is 14.3 Å². The minimum atomic E-state index is -0.534. The lowest BCUT2D eigenvalue weighted by Gasteiger charge is -2.34. The fourth-order valence-corrected chi connectivity index (χ4v) is 4.00. The lowest BCUT2D eigenvalue weighted by atomic mass is 10.1. The van der Waals surface area contributed by atoms with Gasteiger partial charge in [0.15, 0.2) is 6.61 Å². The summed E-state index contributed by atoms with van der Waals surface area (Å²) < 4.78 is 5.21. The van der Waals surface area contributed by atoms with Crippen LogP contribution >= 0.6 is 0 Å². The van der Waals surface area contributed by atoms with Gasteiger partial charge in [-0.3, -0.25) is 19.4 Å². The molecular formula is C28H31N5O3. The summed E-state index contributed by atoms with van der Waals surface area (Å²) in [6, 6.07) is 25.2. The first kappa shape index (κ1) is 25.1. The standard InChI is InChI=1S/C28H31N5O3/c29-27(34)21-36-26-12-8-22(9-13-26)18-30-31-28(35)25-10-6-24(7-11-25)20-33-16-14-32(15-17-33)19-23-4-2-1-3-5-23/h1-13,18H,14-17,19-21H2,(H2,29,34)(H,31,35)/b30-18+. The molecule has 8 heteroatoms. The number of rotatable bonds is 10. The first-order valence-corrected chi connectivity index (χ1v) is 12.0. The molecule has 36 heavy (non-hydrogen) atoms. The molecule has 0 bridgehead atoms. The number of nitrogens with one attached hydrogen (secondary N) is 1. The van der Waals surface area contributed by atoms with E-state index in [1.54, 1.807) is 30.5 Å². The Balaban J connectivity index is 1.19. The van der Waals surface area contributed by atoms with E-state index in [9.17, 15) is 9.59 Å². The van der Waals surface area contributed by atoms with Crippen LogP contribution in [0.3, 0.4) is 0 Å². The first-order chi connectivity index (χ1) is 17.5. The zero-order valence-corrected chi connectivity index (χ0v) is 20.2. The van der Waals surface area contributed by atoms with Crippen molar-refractivity contribution in [3.8, 4) is 5.75 Å². The van der Waals surface area contributed by atoms with Gasteiger partial charge in [-0.2, -0.15) is 5.10 Å². The quantitative estimate of drug-likeness (QED) is 0.340. The summed E-state index contributed by atoms with van der Waals surface area (Å²) in [6.07, 6.45) is 1.54. The third-order valence-corrected chi connectivity index (χ3v) is 5.98. The second kappa shape index (κ2) is 12.6. The Morgan fingerprint density at radius 2 is 1.42 bits per heavy atom. The number of carbonyl (C=O) groups is 2. The van der Waals surface area contributed by atoms with E-state index >= 15 is 0 Å². The molecule has 1 saturated heterocycles. The summed E-state index contributed by atoms with van der Waals surface area (Å²) in [7, 11) is 0. The molecule has 0 atom stereocenters. The first-order valence-electron chi connectivity index (χ1n) is 12.0. The van der Waals surface area contributed by atoms with Gasteiger partial charge in [-0.15, -0.1) is 0 Å². The largest absolute Gasteiger partial charge is 0.484 e. The second-order valence-corrected chi connectivity index (χ2v) is 8.76. The maximum Gasteiger partial charge on any atom is 0.271 e. The summed E-state index contributed by atoms with van der Waals surface area (Å²) >= 11 is 0. The van der Waals surface area contributed by atoms with Gasteiger partial charge in [0.1, 0.15) is 5.75 Å². The average molecular weight is 486 g/mol. The highest BCUT2D eigenvalue weighted by atomic mass is 16.5. The number of amides is 2. The third-order valence-electron chi connectivity index (χ3n) is 5.98. The molecular weight excluding hydrogens is 454 g/mol. The fourth-order valence-electron chi connectivity index (χ4n) is 4.00. The number of hydrogen-bond donors (Lipinski definition) is 2. The van der Waals surface area contributed by atoms with Gasteiger partial charge in [-0.05, 0) is 53.1 Å². The smallest absolute Gasteiger partial charge is 0.271 e. The average Bonchev–Trinajstić information content (AvgIpc) is 2.90. The molecule has 3 aromatic rings. The molecule has 186 valence electrons. The molecule has 1 heterocycles. The molecule has 0 aromatic heterocycles. The van der Waals surface area contributed by atoms with Crippen LogP contribution in [0.15, 0.2) is 84.0 Å². The van der Waals surface area contributed by atoms with Crippen LogP contribution in [0, 0.1) is 0 Å². The fraction of sp³-hybridized carbons (Fsp3) is 0.250. The topological polar surface area (TPSA) is 100 Å². The van der Waals surface area contributed by atoms with E-state index in [4.69, 9.17) is 10.5 Å². The molecule has 2 amide bonds. The molecule has 3 aromatic carbocycles. The summed E-state index contributed by atoms with van der Waals surface area (Å²) in [5, 5.41) is 4.02. The molecule has 0 aliphatic carbocycles. The maximum absolute atomic E-state index is 12.4. The molecule has 0 spiro atoms. The van der Waals surface area contributed by atoms with Crippen molar-refractivity contribution in [2.75, 3.05) is 32.8 Å². The van der Waals surface area contributed by atoms with Gasteiger partial charge in [0.2, 0.25) is 0 Å². The molecule has 4 rings (SSSR count). The molecule has 0 saturated carbocycles. The summed E-state index contributed by atoms with van der Waals surface area (Å²) in [5.74, 6) is -0.272. The number of carbonyl (C=O) groups excluding carboxylic acids is 2. The lowest BCUT2D eigenvalue weighted by molar-refractivity contribution is -0.119. The lowest BCUT2D eigenvalue weighted by Crippen LogP contribution is -2.45. The van der Waals surface area contributed by atoms with Gasteiger partial charge in [0.05, 0.1) is 6.21 Å². The summed E-state index contributed by atoms with van der Waals surface area (Å²) in [6.45, 7) is 5.86. The van der Waals surface area contributed by atoms with Crippen molar-refractivity contribution in [3.63, 3.8) is 0 Å². The van der Waals surface area contributed by atoms with Crippen LogP contribution in [0.1, 0.15) is 27.0 Å². The minimum absolute atomic E-state index is 0.173. The highest BCUT2D eigenvalue weighted by Crippen LogP contribution is 2.13. The van der Waals surface area contributed by atoms with Crippen LogP contribution in [0.2, 0.25) is 0 Å². The molecule has 0 radical (unpaired) electrons. The molecule has 1 aliphatic heterocycles. The number of nitrogens with two attached hydrogens (primary N) is 1. The van der Waals surface area contributed by atoms with E-state index in [2.05, 4.69) is 50.7 Å². The molecule has 1 fully saturated rings. The van der Waals surface area contributed by atoms with Crippen LogP contribution in [-0.2, 0) is 17.9 Å². The van der Waals surface area contributed by atoms with Crippen molar-refractivity contribution in [1.82, 2.24) is 15.2 Å². The Labute approximate surface area is 211 Å². The molecule has 0 unspecified atom stereocenters. The number of hydrazone groups is 1. The summed E-state index contributed by atoms with van der Waals surface area (Å²) in [4.78, 5) is 28.1. The van der Waals surface area contributed by atoms with Gasteiger partial charge in [-0.25, -0.2) is 5.43 Å². The minimum Gasteiger partial charge on any atom is -0.484 e. The van der Waals surface area contributed by atoms with E-state index in [-0.39, 0.29) is 12.5 Å². The van der Waals surface area contributed by atoms with Crippen LogP contribution in [0.4, 0.5) is 0 Å². The van der Waals surface area contributed by atoms with Crippen LogP contribution in [-0.4, -0.2) is 60.6 Å². The van der Waals surface area contributed by atoms with Crippen LogP contribution < -0.4 is 15.9 Å². The highest BCUT2D eigenvalue weighted by molar-refractivity contribution is 5.94. The van der Waals surface area contributed by atoms with E-state index in [0.717, 1.165) is 44.8 Å². The van der Waals surface area contributed by atoms with Gasteiger partial charge < -0.3 is 10.5 Å². The Bertz CT molecular complexity index is 1160. The van der Waals surface area contributed by atoms with Gasteiger partial charge in [0.25, 0.3) is 11.8 Å². The summed E-state index contributed by atoms with van der Waals surface area (Å²) in [5.41, 5.74) is 11.5. The van der Waals surface area contributed by atoms with Crippen molar-refractivity contribution in [1.29, 1.82) is 0 Å². The van der Waals surface area contributed by atoms with Gasteiger partial charge >= 0.3 is 0 Å². The van der Waals surface area contributed by atoms with Gasteiger partial charge in [0, 0.05) is 44.8 Å². The number of hydrogen-bond acceptors (Lipinski definition) is 6. The predicted molar refractivity (Wildman–Crippen MR) is 140 cm³/mol. The number of nitrogens with zero attached hydrogens (tertiary/aromatic N) is 3. The van der Waals surface area contributed by atoms with E-state index < -0.39 is 5.91 Å². The number of piperazine rings is 1. The second-order valence-electron chi connectivity index (χ2n) is 8.76. The maximum atomic E-state index is 12.4. The molecule has 8 nitrogen and oxygen atoms in total. The SMILES string of the molecule is NC(=O)COc1ccc(/C=N/NC(=O)c2ccc(CN3CCN(Cc4ccccc4)CC3)cc2)cc1. The zero-order chi connectivity index (χ0) is 25.2. The van der Waals surface area contributed by atoms with Crippen molar-refractivity contribution >= 4 is 18.0 Å². The highest BCUT2D eigenvalue weighted by Gasteiger charge is 2.17. The van der Waals surface area contributed by atoms with Crippen molar-refractivity contribution in [2.45, 2.75) is 13.1 Å².